The topological polar surface area (TPSA) is 37.3 Å². The van der Waals surface area contributed by atoms with E-state index in [0.717, 1.165) is 12.0 Å². The Kier molecular flexibility index (Phi) is 4.15. The number of carboxylic acid groups (broad SMARTS) is 1. The zero-order valence-corrected chi connectivity index (χ0v) is 9.71. The monoisotopic (exact) mass is 226 g/mol. The lowest BCUT2D eigenvalue weighted by atomic mass is 9.96. The van der Waals surface area contributed by atoms with Crippen LogP contribution in [0.3, 0.4) is 0 Å². The van der Waals surface area contributed by atoms with Gasteiger partial charge in [0.2, 0.25) is 0 Å². The fourth-order valence-corrected chi connectivity index (χ4v) is 1.74. The molecule has 0 aliphatic rings. The fourth-order valence-electron chi connectivity index (χ4n) is 1.55. The van der Waals surface area contributed by atoms with Crippen molar-refractivity contribution in [2.45, 2.75) is 26.7 Å². The van der Waals surface area contributed by atoms with Crippen LogP contribution in [-0.4, -0.2) is 11.1 Å². The van der Waals surface area contributed by atoms with E-state index in [9.17, 15) is 4.79 Å². The van der Waals surface area contributed by atoms with E-state index in [1.165, 1.54) is 5.56 Å². The maximum absolute atomic E-state index is 10.8. The fraction of sp³-hybridized carbons (Fsp3) is 0.417. The van der Waals surface area contributed by atoms with Crippen LogP contribution in [0, 0.1) is 5.92 Å². The molecule has 0 radical (unpaired) electrons. The van der Waals surface area contributed by atoms with Crippen LogP contribution >= 0.6 is 11.6 Å². The van der Waals surface area contributed by atoms with Crippen LogP contribution in [-0.2, 0) is 17.6 Å². The number of benzene rings is 1. The molecular weight excluding hydrogens is 212 g/mol. The van der Waals surface area contributed by atoms with E-state index in [4.69, 9.17) is 16.7 Å². The summed E-state index contributed by atoms with van der Waals surface area (Å²) in [5.74, 6) is -1.13. The summed E-state index contributed by atoms with van der Waals surface area (Å²) in [5.41, 5.74) is 2.22. The second-order valence-corrected chi connectivity index (χ2v) is 4.15. The van der Waals surface area contributed by atoms with Crippen molar-refractivity contribution in [2.24, 2.45) is 5.92 Å². The summed E-state index contributed by atoms with van der Waals surface area (Å²) in [6, 6.07) is 5.67. The van der Waals surface area contributed by atoms with E-state index < -0.39 is 5.97 Å². The molecule has 0 bridgehead atoms. The van der Waals surface area contributed by atoms with Gasteiger partial charge in [-0.3, -0.25) is 4.79 Å². The van der Waals surface area contributed by atoms with Gasteiger partial charge in [0.1, 0.15) is 0 Å². The van der Waals surface area contributed by atoms with E-state index >= 15 is 0 Å². The third kappa shape index (κ3) is 3.24. The number of carbonyl (C=O) groups is 1. The Morgan fingerprint density at radius 2 is 2.13 bits per heavy atom. The van der Waals surface area contributed by atoms with Gasteiger partial charge in [-0.2, -0.15) is 0 Å². The number of aryl methyl sites for hydroxylation is 1. The summed E-state index contributed by atoms with van der Waals surface area (Å²) in [4.78, 5) is 10.8. The standard InChI is InChI=1S/C12H15ClO2/c1-3-9-4-5-11(13)7-10(9)6-8(2)12(14)15/h4-5,7-8H,3,6H2,1-2H3,(H,14,15). The van der Waals surface area contributed by atoms with Crippen LogP contribution in [0.25, 0.3) is 0 Å². The summed E-state index contributed by atoms with van der Waals surface area (Å²) in [7, 11) is 0. The molecule has 1 rings (SSSR count). The molecule has 3 heteroatoms. The minimum absolute atomic E-state index is 0.367. The molecule has 0 heterocycles. The van der Waals surface area contributed by atoms with Gasteiger partial charge in [-0.25, -0.2) is 0 Å². The van der Waals surface area contributed by atoms with Gasteiger partial charge >= 0.3 is 5.97 Å². The SMILES string of the molecule is CCc1ccc(Cl)cc1CC(C)C(=O)O. The Labute approximate surface area is 94.9 Å². The van der Waals surface area contributed by atoms with Gasteiger partial charge in [-0.1, -0.05) is 31.5 Å². The highest BCUT2D eigenvalue weighted by Gasteiger charge is 2.13. The van der Waals surface area contributed by atoms with Crippen LogP contribution in [0.15, 0.2) is 18.2 Å². The van der Waals surface area contributed by atoms with Crippen molar-refractivity contribution in [1.29, 1.82) is 0 Å². The van der Waals surface area contributed by atoms with Gasteiger partial charge in [0.15, 0.2) is 0 Å². The van der Waals surface area contributed by atoms with Crippen LogP contribution in [0.5, 0.6) is 0 Å². The minimum atomic E-state index is -0.767. The maximum atomic E-state index is 10.8. The Morgan fingerprint density at radius 1 is 1.47 bits per heavy atom. The van der Waals surface area contributed by atoms with Gasteiger partial charge < -0.3 is 5.11 Å². The van der Waals surface area contributed by atoms with Crippen LogP contribution in [0.4, 0.5) is 0 Å². The summed E-state index contributed by atoms with van der Waals surface area (Å²) >= 11 is 5.89. The maximum Gasteiger partial charge on any atom is 0.306 e. The minimum Gasteiger partial charge on any atom is -0.481 e. The predicted octanol–water partition coefficient (Wildman–Crippen LogP) is 3.17. The number of hydrogen-bond acceptors (Lipinski definition) is 1. The predicted molar refractivity (Wildman–Crippen MR) is 61.3 cm³/mol. The molecule has 2 nitrogen and oxygen atoms in total. The van der Waals surface area contributed by atoms with Crippen molar-refractivity contribution in [1.82, 2.24) is 0 Å². The molecule has 1 aromatic carbocycles. The van der Waals surface area contributed by atoms with Crippen LogP contribution in [0.1, 0.15) is 25.0 Å². The molecule has 1 atom stereocenters. The molecule has 1 unspecified atom stereocenters. The number of rotatable bonds is 4. The second kappa shape index (κ2) is 5.17. The van der Waals surface area contributed by atoms with Gasteiger partial charge in [0.25, 0.3) is 0 Å². The molecule has 0 fully saturated rings. The third-order valence-electron chi connectivity index (χ3n) is 2.50. The van der Waals surface area contributed by atoms with E-state index in [-0.39, 0.29) is 5.92 Å². The molecular formula is C12H15ClO2. The molecule has 0 spiro atoms. The normalized spacial score (nSPS) is 12.5. The highest BCUT2D eigenvalue weighted by molar-refractivity contribution is 6.30. The van der Waals surface area contributed by atoms with Crippen molar-refractivity contribution in [3.8, 4) is 0 Å². The van der Waals surface area contributed by atoms with Gasteiger partial charge in [0, 0.05) is 5.02 Å². The molecule has 1 N–H and O–H groups in total. The van der Waals surface area contributed by atoms with Crippen molar-refractivity contribution >= 4 is 17.6 Å². The van der Waals surface area contributed by atoms with Crippen LogP contribution < -0.4 is 0 Å². The first-order valence-electron chi connectivity index (χ1n) is 5.04. The van der Waals surface area contributed by atoms with Crippen molar-refractivity contribution < 1.29 is 9.90 Å². The zero-order valence-electron chi connectivity index (χ0n) is 8.96. The molecule has 1 aromatic rings. The van der Waals surface area contributed by atoms with E-state index in [0.29, 0.717) is 11.4 Å². The number of hydrogen-bond donors (Lipinski definition) is 1. The lowest BCUT2D eigenvalue weighted by molar-refractivity contribution is -0.141. The smallest absolute Gasteiger partial charge is 0.306 e. The van der Waals surface area contributed by atoms with E-state index in [1.807, 2.05) is 18.2 Å². The van der Waals surface area contributed by atoms with E-state index in [2.05, 4.69) is 6.92 Å². The highest BCUT2D eigenvalue weighted by atomic mass is 35.5. The second-order valence-electron chi connectivity index (χ2n) is 3.71. The summed E-state index contributed by atoms with van der Waals surface area (Å²) in [6.45, 7) is 3.76. The van der Waals surface area contributed by atoms with Crippen molar-refractivity contribution in [3.63, 3.8) is 0 Å². The summed E-state index contributed by atoms with van der Waals surface area (Å²) in [5, 5.41) is 9.51. The first kappa shape index (κ1) is 12.1. The Bertz CT molecular complexity index is 361. The molecule has 0 saturated heterocycles. The largest absolute Gasteiger partial charge is 0.481 e. The first-order chi connectivity index (χ1) is 7.04. The van der Waals surface area contributed by atoms with Crippen LogP contribution in [0.2, 0.25) is 5.02 Å². The Balaban J connectivity index is 2.91. The zero-order chi connectivity index (χ0) is 11.4. The summed E-state index contributed by atoms with van der Waals surface area (Å²) in [6.07, 6.45) is 1.44. The quantitative estimate of drug-likeness (QED) is 0.856. The molecule has 0 aromatic heterocycles. The number of aliphatic carboxylic acids is 1. The average molecular weight is 227 g/mol. The average Bonchev–Trinajstić information content (AvgIpc) is 2.18. The molecule has 0 aliphatic heterocycles. The van der Waals surface area contributed by atoms with Gasteiger partial charge in [0.05, 0.1) is 5.92 Å². The molecule has 82 valence electrons. The molecule has 0 aliphatic carbocycles. The third-order valence-corrected chi connectivity index (χ3v) is 2.73. The lowest BCUT2D eigenvalue weighted by Crippen LogP contribution is -2.13. The van der Waals surface area contributed by atoms with Gasteiger partial charge in [-0.15, -0.1) is 0 Å². The molecule has 15 heavy (non-hydrogen) atoms. The van der Waals surface area contributed by atoms with Crippen molar-refractivity contribution in [3.05, 3.63) is 34.3 Å². The Hall–Kier alpha value is -1.02. The highest BCUT2D eigenvalue weighted by Crippen LogP contribution is 2.20. The molecule has 0 saturated carbocycles. The summed E-state index contributed by atoms with van der Waals surface area (Å²) < 4.78 is 0. The van der Waals surface area contributed by atoms with E-state index in [1.54, 1.807) is 6.92 Å². The lowest BCUT2D eigenvalue weighted by Gasteiger charge is -2.11. The number of halogens is 1. The molecule has 0 amide bonds. The Morgan fingerprint density at radius 3 is 2.67 bits per heavy atom. The number of carboxylic acids is 1. The first-order valence-corrected chi connectivity index (χ1v) is 5.42. The van der Waals surface area contributed by atoms with Crippen molar-refractivity contribution in [2.75, 3.05) is 0 Å². The van der Waals surface area contributed by atoms with Gasteiger partial charge in [-0.05, 0) is 36.1 Å².